The van der Waals surface area contributed by atoms with Crippen LogP contribution in [-0.2, 0) is 11.2 Å². The van der Waals surface area contributed by atoms with Gasteiger partial charge in [-0.3, -0.25) is 9.69 Å². The highest BCUT2D eigenvalue weighted by atomic mass is 79.9. The molecule has 2 rings (SSSR count). The zero-order valence-corrected chi connectivity index (χ0v) is 13.9. The molecule has 0 amide bonds. The van der Waals surface area contributed by atoms with Crippen LogP contribution in [0.1, 0.15) is 50.8 Å². The molecule has 0 heterocycles. The molecule has 4 heteroatoms. The number of hydrogen-bond donors (Lipinski definition) is 1. The van der Waals surface area contributed by atoms with E-state index in [1.54, 1.807) is 0 Å². The number of fused-ring (bicyclic) bond motifs is 1. The molecule has 3 nitrogen and oxygen atoms in total. The van der Waals surface area contributed by atoms with Gasteiger partial charge in [0.2, 0.25) is 0 Å². The van der Waals surface area contributed by atoms with E-state index in [4.69, 9.17) is 5.11 Å². The van der Waals surface area contributed by atoms with E-state index in [0.717, 1.165) is 17.3 Å². The van der Waals surface area contributed by atoms with Crippen molar-refractivity contribution in [2.24, 2.45) is 0 Å². The van der Waals surface area contributed by atoms with Crippen LogP contribution >= 0.6 is 15.9 Å². The summed E-state index contributed by atoms with van der Waals surface area (Å²) in [5.41, 5.74) is 2.71. The van der Waals surface area contributed by atoms with Crippen LogP contribution in [0.3, 0.4) is 0 Å². The fourth-order valence-electron chi connectivity index (χ4n) is 3.06. The Labute approximate surface area is 129 Å². The summed E-state index contributed by atoms with van der Waals surface area (Å²) in [7, 11) is 0. The smallest absolute Gasteiger partial charge is 0.304 e. The van der Waals surface area contributed by atoms with Crippen molar-refractivity contribution in [2.75, 3.05) is 6.54 Å². The van der Waals surface area contributed by atoms with E-state index in [1.807, 2.05) is 0 Å². The molecule has 0 spiro atoms. The Balaban J connectivity index is 2.26. The van der Waals surface area contributed by atoms with Crippen molar-refractivity contribution in [2.45, 2.75) is 51.6 Å². The lowest BCUT2D eigenvalue weighted by Gasteiger charge is -2.40. The lowest BCUT2D eigenvalue weighted by atomic mass is 9.98. The summed E-state index contributed by atoms with van der Waals surface area (Å²) < 4.78 is 1.12. The number of halogens is 1. The predicted octanol–water partition coefficient (Wildman–Crippen LogP) is 4.01. The summed E-state index contributed by atoms with van der Waals surface area (Å²) in [6.07, 6.45) is 2.33. The Hall–Kier alpha value is -0.870. The van der Waals surface area contributed by atoms with Gasteiger partial charge in [0.1, 0.15) is 0 Å². The van der Waals surface area contributed by atoms with E-state index in [9.17, 15) is 4.79 Å². The number of aliphatic carboxylic acids is 1. The number of carboxylic acids is 1. The SMILES string of the molecule is CC(C)(C)N(CCC(=O)O)C1CCc2cc(Br)ccc21. The van der Waals surface area contributed by atoms with E-state index in [2.05, 4.69) is 59.8 Å². The van der Waals surface area contributed by atoms with Gasteiger partial charge in [0.05, 0.1) is 6.42 Å². The molecular weight excluding hydrogens is 318 g/mol. The monoisotopic (exact) mass is 339 g/mol. The number of aryl methyl sites for hydroxylation is 1. The van der Waals surface area contributed by atoms with Crippen molar-refractivity contribution in [1.29, 1.82) is 0 Å². The Morgan fingerprint density at radius 3 is 2.75 bits per heavy atom. The van der Waals surface area contributed by atoms with E-state index in [1.165, 1.54) is 11.1 Å². The molecule has 0 aromatic heterocycles. The summed E-state index contributed by atoms with van der Waals surface area (Å²) in [5.74, 6) is -0.728. The van der Waals surface area contributed by atoms with Crippen molar-refractivity contribution in [3.05, 3.63) is 33.8 Å². The molecule has 0 radical (unpaired) electrons. The van der Waals surface area contributed by atoms with Gasteiger partial charge in [0.25, 0.3) is 0 Å². The Kier molecular flexibility index (Phi) is 4.55. The summed E-state index contributed by atoms with van der Waals surface area (Å²) in [6.45, 7) is 7.07. The van der Waals surface area contributed by atoms with Crippen molar-refractivity contribution in [3.8, 4) is 0 Å². The number of hydrogen-bond acceptors (Lipinski definition) is 2. The minimum Gasteiger partial charge on any atom is -0.481 e. The van der Waals surface area contributed by atoms with Crippen LogP contribution in [0, 0.1) is 0 Å². The molecule has 1 atom stereocenters. The van der Waals surface area contributed by atoms with Crippen molar-refractivity contribution in [1.82, 2.24) is 4.90 Å². The van der Waals surface area contributed by atoms with Crippen molar-refractivity contribution in [3.63, 3.8) is 0 Å². The minimum atomic E-state index is -0.728. The zero-order chi connectivity index (χ0) is 14.9. The molecule has 0 bridgehead atoms. The molecule has 0 fully saturated rings. The van der Waals surface area contributed by atoms with Crippen LogP contribution in [-0.4, -0.2) is 28.1 Å². The van der Waals surface area contributed by atoms with Gasteiger partial charge in [-0.05, 0) is 56.9 Å². The molecule has 0 saturated heterocycles. The molecular formula is C16H22BrNO2. The van der Waals surface area contributed by atoms with Gasteiger partial charge in [0.15, 0.2) is 0 Å². The number of rotatable bonds is 4. The third-order valence-electron chi connectivity index (χ3n) is 3.96. The van der Waals surface area contributed by atoms with Gasteiger partial charge in [-0.2, -0.15) is 0 Å². The second kappa shape index (κ2) is 5.86. The molecule has 20 heavy (non-hydrogen) atoms. The fraction of sp³-hybridized carbons (Fsp3) is 0.562. The van der Waals surface area contributed by atoms with Crippen LogP contribution in [0.25, 0.3) is 0 Å². The van der Waals surface area contributed by atoms with Crippen LogP contribution in [0.5, 0.6) is 0 Å². The zero-order valence-electron chi connectivity index (χ0n) is 12.3. The van der Waals surface area contributed by atoms with Gasteiger partial charge < -0.3 is 5.11 Å². The van der Waals surface area contributed by atoms with Crippen molar-refractivity contribution >= 4 is 21.9 Å². The second-order valence-corrected chi connectivity index (χ2v) is 7.32. The number of nitrogens with zero attached hydrogens (tertiary/aromatic N) is 1. The van der Waals surface area contributed by atoms with Gasteiger partial charge in [-0.25, -0.2) is 0 Å². The number of carboxylic acid groups (broad SMARTS) is 1. The van der Waals surface area contributed by atoms with E-state index in [-0.39, 0.29) is 12.0 Å². The topological polar surface area (TPSA) is 40.5 Å². The molecule has 1 aliphatic rings. The summed E-state index contributed by atoms with van der Waals surface area (Å²) in [4.78, 5) is 13.2. The van der Waals surface area contributed by atoms with E-state index < -0.39 is 5.97 Å². The highest BCUT2D eigenvalue weighted by Crippen LogP contribution is 2.40. The Morgan fingerprint density at radius 2 is 2.15 bits per heavy atom. The Morgan fingerprint density at radius 1 is 1.45 bits per heavy atom. The average Bonchev–Trinajstić information content (AvgIpc) is 2.70. The molecule has 1 aliphatic carbocycles. The number of benzene rings is 1. The standard InChI is InChI=1S/C16H22BrNO2/c1-16(2,3)18(9-8-15(19)20)14-7-4-11-10-12(17)5-6-13(11)14/h5-6,10,14H,4,7-9H2,1-3H3,(H,19,20). The molecule has 0 saturated carbocycles. The quantitative estimate of drug-likeness (QED) is 0.900. The van der Waals surface area contributed by atoms with Gasteiger partial charge in [-0.1, -0.05) is 22.0 Å². The van der Waals surface area contributed by atoms with Gasteiger partial charge in [-0.15, -0.1) is 0 Å². The second-order valence-electron chi connectivity index (χ2n) is 6.41. The molecule has 1 aromatic carbocycles. The highest BCUT2D eigenvalue weighted by molar-refractivity contribution is 9.10. The average molecular weight is 340 g/mol. The van der Waals surface area contributed by atoms with E-state index in [0.29, 0.717) is 12.6 Å². The van der Waals surface area contributed by atoms with Crippen LogP contribution in [0.4, 0.5) is 0 Å². The highest BCUT2D eigenvalue weighted by Gasteiger charge is 2.34. The molecule has 110 valence electrons. The van der Waals surface area contributed by atoms with Crippen LogP contribution in [0.2, 0.25) is 0 Å². The minimum absolute atomic E-state index is 0.0329. The van der Waals surface area contributed by atoms with E-state index >= 15 is 0 Å². The molecule has 1 aromatic rings. The molecule has 0 aliphatic heterocycles. The first-order valence-corrected chi connectivity index (χ1v) is 7.85. The summed E-state index contributed by atoms with van der Waals surface area (Å²) in [5, 5.41) is 8.97. The predicted molar refractivity (Wildman–Crippen MR) is 83.9 cm³/mol. The lowest BCUT2D eigenvalue weighted by Crippen LogP contribution is -2.44. The van der Waals surface area contributed by atoms with Crippen molar-refractivity contribution < 1.29 is 9.90 Å². The largest absolute Gasteiger partial charge is 0.481 e. The lowest BCUT2D eigenvalue weighted by molar-refractivity contribution is -0.137. The maximum absolute atomic E-state index is 10.9. The fourth-order valence-corrected chi connectivity index (χ4v) is 3.47. The summed E-state index contributed by atoms with van der Waals surface area (Å²) in [6, 6.07) is 6.77. The molecule has 1 N–H and O–H groups in total. The third kappa shape index (κ3) is 3.41. The summed E-state index contributed by atoms with van der Waals surface area (Å²) >= 11 is 3.52. The first kappa shape index (κ1) is 15.5. The third-order valence-corrected chi connectivity index (χ3v) is 4.45. The first-order valence-electron chi connectivity index (χ1n) is 7.06. The first-order chi connectivity index (χ1) is 9.29. The maximum atomic E-state index is 10.9. The van der Waals surface area contributed by atoms with Gasteiger partial charge in [0, 0.05) is 22.6 Å². The van der Waals surface area contributed by atoms with Gasteiger partial charge >= 0.3 is 5.97 Å². The van der Waals surface area contributed by atoms with Crippen LogP contribution in [0.15, 0.2) is 22.7 Å². The normalized spacial score (nSPS) is 18.4. The van der Waals surface area contributed by atoms with Crippen LogP contribution < -0.4 is 0 Å². The maximum Gasteiger partial charge on any atom is 0.304 e. The number of carbonyl (C=O) groups is 1. The Bertz CT molecular complexity index is 508. The molecule has 1 unspecified atom stereocenters.